The van der Waals surface area contributed by atoms with Gasteiger partial charge in [-0.25, -0.2) is 0 Å². The van der Waals surface area contributed by atoms with E-state index in [0.29, 0.717) is 17.7 Å². The highest BCUT2D eigenvalue weighted by molar-refractivity contribution is 6.04. The third-order valence-electron chi connectivity index (χ3n) is 3.82. The van der Waals surface area contributed by atoms with Crippen LogP contribution < -0.4 is 5.32 Å². The lowest BCUT2D eigenvalue weighted by Gasteiger charge is -2.15. The van der Waals surface area contributed by atoms with Crippen LogP contribution in [0.2, 0.25) is 0 Å². The summed E-state index contributed by atoms with van der Waals surface area (Å²) in [5.41, 5.74) is 1.68. The van der Waals surface area contributed by atoms with Crippen LogP contribution in [0, 0.1) is 0 Å². The Hall–Kier alpha value is -2.95. The van der Waals surface area contributed by atoms with E-state index in [0.717, 1.165) is 5.56 Å². The summed E-state index contributed by atoms with van der Waals surface area (Å²) < 4.78 is 5.15. The van der Waals surface area contributed by atoms with E-state index < -0.39 is 24.4 Å². The SMILES string of the molecule is CCC(C(=O)OCC(=O)Nc1ccccc1C(C)=O)c1ccccc1. The molecular formula is C20H21NO4. The molecule has 2 aromatic carbocycles. The lowest BCUT2D eigenvalue weighted by atomic mass is 9.97. The maximum absolute atomic E-state index is 12.3. The van der Waals surface area contributed by atoms with E-state index in [9.17, 15) is 14.4 Å². The first-order valence-electron chi connectivity index (χ1n) is 8.14. The lowest BCUT2D eigenvalue weighted by molar-refractivity contribution is -0.149. The van der Waals surface area contributed by atoms with Gasteiger partial charge in [0.15, 0.2) is 12.4 Å². The molecule has 0 aromatic heterocycles. The highest BCUT2D eigenvalue weighted by atomic mass is 16.5. The van der Waals surface area contributed by atoms with Gasteiger partial charge in [0.25, 0.3) is 5.91 Å². The molecule has 0 saturated heterocycles. The van der Waals surface area contributed by atoms with Crippen LogP contribution in [0.5, 0.6) is 0 Å². The zero-order valence-corrected chi connectivity index (χ0v) is 14.3. The third-order valence-corrected chi connectivity index (χ3v) is 3.82. The molecule has 1 amide bonds. The van der Waals surface area contributed by atoms with Gasteiger partial charge in [0.05, 0.1) is 11.6 Å². The molecule has 0 spiro atoms. The van der Waals surface area contributed by atoms with Crippen LogP contribution in [0.1, 0.15) is 42.1 Å². The summed E-state index contributed by atoms with van der Waals surface area (Å²) in [5.74, 6) is -1.48. The van der Waals surface area contributed by atoms with Gasteiger partial charge in [-0.3, -0.25) is 14.4 Å². The summed E-state index contributed by atoms with van der Waals surface area (Å²) in [6, 6.07) is 16.0. The van der Waals surface area contributed by atoms with Gasteiger partial charge in [0, 0.05) is 5.56 Å². The van der Waals surface area contributed by atoms with Gasteiger partial charge in [0.1, 0.15) is 0 Å². The molecule has 2 aromatic rings. The second-order valence-electron chi connectivity index (χ2n) is 5.63. The fourth-order valence-corrected chi connectivity index (χ4v) is 2.55. The number of rotatable bonds is 7. The number of amides is 1. The molecule has 1 atom stereocenters. The Bertz CT molecular complexity index is 755. The first-order valence-corrected chi connectivity index (χ1v) is 8.14. The van der Waals surface area contributed by atoms with Crippen LogP contribution in [0.15, 0.2) is 54.6 Å². The van der Waals surface area contributed by atoms with Gasteiger partial charge in [0.2, 0.25) is 0 Å². The first-order chi connectivity index (χ1) is 12.0. The zero-order valence-electron chi connectivity index (χ0n) is 14.3. The lowest BCUT2D eigenvalue weighted by Crippen LogP contribution is -2.24. The largest absolute Gasteiger partial charge is 0.455 e. The van der Waals surface area contributed by atoms with Gasteiger partial charge in [-0.2, -0.15) is 0 Å². The minimum absolute atomic E-state index is 0.150. The average molecular weight is 339 g/mol. The van der Waals surface area contributed by atoms with Gasteiger partial charge < -0.3 is 10.1 Å². The summed E-state index contributed by atoms with van der Waals surface area (Å²) in [5, 5.41) is 2.61. The molecule has 0 aliphatic carbocycles. The topological polar surface area (TPSA) is 72.5 Å². The Labute approximate surface area is 147 Å². The third kappa shape index (κ3) is 5.01. The highest BCUT2D eigenvalue weighted by Gasteiger charge is 2.21. The highest BCUT2D eigenvalue weighted by Crippen LogP contribution is 2.21. The smallest absolute Gasteiger partial charge is 0.313 e. The van der Waals surface area contributed by atoms with Crippen LogP contribution in [0.4, 0.5) is 5.69 Å². The molecule has 0 bridgehead atoms. The molecule has 25 heavy (non-hydrogen) atoms. The van der Waals surface area contributed by atoms with Crippen molar-refractivity contribution >= 4 is 23.3 Å². The molecule has 0 aliphatic heterocycles. The van der Waals surface area contributed by atoms with Crippen LogP contribution >= 0.6 is 0 Å². The summed E-state index contributed by atoms with van der Waals surface area (Å²) in [6.07, 6.45) is 0.581. The monoisotopic (exact) mass is 339 g/mol. The maximum atomic E-state index is 12.3. The summed E-state index contributed by atoms with van der Waals surface area (Å²) in [7, 11) is 0. The molecule has 130 valence electrons. The Morgan fingerprint density at radius 3 is 2.28 bits per heavy atom. The summed E-state index contributed by atoms with van der Waals surface area (Å²) in [4.78, 5) is 35.9. The molecule has 1 N–H and O–H groups in total. The summed E-state index contributed by atoms with van der Waals surface area (Å²) >= 11 is 0. The first kappa shape index (κ1) is 18.4. The molecule has 0 fully saturated rings. The molecule has 2 rings (SSSR count). The van der Waals surface area contributed by atoms with Crippen molar-refractivity contribution in [1.82, 2.24) is 0 Å². The van der Waals surface area contributed by atoms with Gasteiger partial charge in [-0.05, 0) is 31.0 Å². The Morgan fingerprint density at radius 2 is 1.64 bits per heavy atom. The Kier molecular flexibility index (Phi) is 6.46. The van der Waals surface area contributed by atoms with Gasteiger partial charge in [-0.1, -0.05) is 49.4 Å². The van der Waals surface area contributed by atoms with E-state index >= 15 is 0 Å². The molecule has 5 heteroatoms. The molecule has 1 unspecified atom stereocenters. The number of hydrogen-bond acceptors (Lipinski definition) is 4. The number of Topliss-reactive ketones (excluding diaryl/α,β-unsaturated/α-hetero) is 1. The number of carbonyl (C=O) groups excluding carboxylic acids is 3. The van der Waals surface area contributed by atoms with E-state index in [-0.39, 0.29) is 5.78 Å². The predicted molar refractivity (Wildman–Crippen MR) is 95.5 cm³/mol. The second kappa shape index (κ2) is 8.78. The van der Waals surface area contributed by atoms with E-state index in [4.69, 9.17) is 4.74 Å². The number of benzene rings is 2. The van der Waals surface area contributed by atoms with E-state index in [2.05, 4.69) is 5.32 Å². The van der Waals surface area contributed by atoms with Crippen molar-refractivity contribution in [3.8, 4) is 0 Å². The molecule has 5 nitrogen and oxygen atoms in total. The second-order valence-corrected chi connectivity index (χ2v) is 5.63. The van der Waals surface area contributed by atoms with Crippen molar-refractivity contribution in [3.63, 3.8) is 0 Å². The fourth-order valence-electron chi connectivity index (χ4n) is 2.55. The number of ether oxygens (including phenoxy) is 1. The van der Waals surface area contributed by atoms with Crippen molar-refractivity contribution in [2.24, 2.45) is 0 Å². The normalized spacial score (nSPS) is 11.4. The number of hydrogen-bond donors (Lipinski definition) is 1. The molecular weight excluding hydrogens is 318 g/mol. The number of anilines is 1. The maximum Gasteiger partial charge on any atom is 0.313 e. The number of nitrogens with one attached hydrogen (secondary N) is 1. The number of esters is 1. The van der Waals surface area contributed by atoms with Crippen LogP contribution in [-0.2, 0) is 14.3 Å². The zero-order chi connectivity index (χ0) is 18.2. The van der Waals surface area contributed by atoms with Gasteiger partial charge in [-0.15, -0.1) is 0 Å². The molecule has 0 radical (unpaired) electrons. The van der Waals surface area contributed by atoms with E-state index in [1.165, 1.54) is 6.92 Å². The molecule has 0 saturated carbocycles. The van der Waals surface area contributed by atoms with Crippen molar-refractivity contribution in [3.05, 3.63) is 65.7 Å². The minimum atomic E-state index is -0.482. The van der Waals surface area contributed by atoms with Crippen molar-refractivity contribution in [2.45, 2.75) is 26.2 Å². The van der Waals surface area contributed by atoms with Crippen LogP contribution in [0.25, 0.3) is 0 Å². The van der Waals surface area contributed by atoms with Crippen molar-refractivity contribution in [1.29, 1.82) is 0 Å². The van der Waals surface area contributed by atoms with E-state index in [1.807, 2.05) is 37.3 Å². The van der Waals surface area contributed by atoms with Gasteiger partial charge >= 0.3 is 5.97 Å². The Morgan fingerprint density at radius 1 is 1.00 bits per heavy atom. The minimum Gasteiger partial charge on any atom is -0.455 e. The van der Waals surface area contributed by atoms with Crippen molar-refractivity contribution in [2.75, 3.05) is 11.9 Å². The molecule has 0 aliphatic rings. The number of para-hydroxylation sites is 1. The standard InChI is InChI=1S/C20H21NO4/c1-3-16(15-9-5-4-6-10-15)20(24)25-13-19(23)21-18-12-8-7-11-17(18)14(2)22/h4-12,16H,3,13H2,1-2H3,(H,21,23). The van der Waals surface area contributed by atoms with Crippen LogP contribution in [0.3, 0.4) is 0 Å². The molecule has 0 heterocycles. The van der Waals surface area contributed by atoms with E-state index in [1.54, 1.807) is 24.3 Å². The summed E-state index contributed by atoms with van der Waals surface area (Å²) in [6.45, 7) is 2.92. The van der Waals surface area contributed by atoms with Crippen molar-refractivity contribution < 1.29 is 19.1 Å². The van der Waals surface area contributed by atoms with Crippen LogP contribution in [-0.4, -0.2) is 24.3 Å². The number of ketones is 1. The average Bonchev–Trinajstić information content (AvgIpc) is 2.62. The predicted octanol–water partition coefficient (Wildman–Crippen LogP) is 3.56. The fraction of sp³-hybridized carbons (Fsp3) is 0.250. The quantitative estimate of drug-likeness (QED) is 0.618. The Balaban J connectivity index is 1.96. The number of carbonyl (C=O) groups is 3.